The number of carbonyl (C=O) groups excluding carboxylic acids is 2. The van der Waals surface area contributed by atoms with E-state index in [1.54, 1.807) is 12.1 Å². The molecule has 1 aromatic carbocycles. The number of aromatic nitrogens is 3. The van der Waals surface area contributed by atoms with Crippen LogP contribution in [-0.4, -0.2) is 50.2 Å². The number of H-pyrrole nitrogens is 1. The van der Waals surface area contributed by atoms with E-state index in [2.05, 4.69) is 31.1 Å². The molecule has 0 bridgehead atoms. The van der Waals surface area contributed by atoms with Gasteiger partial charge in [0.2, 0.25) is 11.9 Å². The van der Waals surface area contributed by atoms with Crippen molar-refractivity contribution in [3.63, 3.8) is 0 Å². The highest BCUT2D eigenvalue weighted by atomic mass is 32.2. The lowest BCUT2D eigenvalue weighted by molar-refractivity contribution is -0.116. The van der Waals surface area contributed by atoms with Crippen LogP contribution in [0.3, 0.4) is 0 Å². The Morgan fingerprint density at radius 1 is 1.24 bits per heavy atom. The molecule has 0 saturated carbocycles. The number of hydrogen-bond donors (Lipinski definition) is 4. The summed E-state index contributed by atoms with van der Waals surface area (Å²) in [6.45, 7) is 0. The standard InChI is InChI=1S/C19H23FN6O2S/c20-12-7-5-11(6-8-12)9-15-22-18(26-25-15)23-16(27)4-2-1-3-14-17-13(10-29-14)21-19(28)24-17/h5-8,13-14,17H,1-4,9-10H2,(H2,21,24,28)(H2,22,23,25,26,27)/t13-,14-,17+/m0/s1. The second-order valence-electron chi connectivity index (χ2n) is 7.32. The van der Waals surface area contributed by atoms with Gasteiger partial charge in [0.25, 0.3) is 0 Å². The van der Waals surface area contributed by atoms with Gasteiger partial charge in [0.05, 0.1) is 12.1 Å². The van der Waals surface area contributed by atoms with Crippen LogP contribution in [0.1, 0.15) is 37.1 Å². The Morgan fingerprint density at radius 3 is 2.90 bits per heavy atom. The van der Waals surface area contributed by atoms with Gasteiger partial charge in [-0.3, -0.25) is 15.2 Å². The summed E-state index contributed by atoms with van der Waals surface area (Å²) >= 11 is 1.88. The molecule has 4 N–H and O–H groups in total. The molecular formula is C19H23FN6O2S. The minimum atomic E-state index is -0.282. The van der Waals surface area contributed by atoms with Crippen molar-refractivity contribution >= 4 is 29.6 Å². The maximum atomic E-state index is 13.0. The van der Waals surface area contributed by atoms with E-state index in [1.165, 1.54) is 12.1 Å². The molecule has 4 rings (SSSR count). The molecule has 10 heteroatoms. The maximum absolute atomic E-state index is 13.0. The van der Waals surface area contributed by atoms with Gasteiger partial charge < -0.3 is 10.6 Å². The minimum absolute atomic E-state index is 0.0741. The number of anilines is 1. The van der Waals surface area contributed by atoms with Crippen molar-refractivity contribution in [3.8, 4) is 0 Å². The van der Waals surface area contributed by atoms with E-state index in [1.807, 2.05) is 11.8 Å². The number of amides is 3. The third-order valence-corrected chi connectivity index (χ3v) is 6.66. The zero-order chi connectivity index (χ0) is 20.2. The van der Waals surface area contributed by atoms with E-state index in [0.29, 0.717) is 23.9 Å². The van der Waals surface area contributed by atoms with E-state index in [9.17, 15) is 14.0 Å². The Morgan fingerprint density at radius 2 is 2.07 bits per heavy atom. The number of urea groups is 1. The molecule has 0 unspecified atom stereocenters. The Kier molecular flexibility index (Phi) is 5.98. The first-order valence-electron chi connectivity index (χ1n) is 9.71. The number of fused-ring (bicyclic) bond motifs is 1. The SMILES string of the molecule is O=C(CCCC[C@@H]1SC[C@@H]2NC(=O)N[C@H]21)Nc1n[nH]c(Cc2ccc(F)cc2)n1. The van der Waals surface area contributed by atoms with Gasteiger partial charge in [-0.05, 0) is 30.5 Å². The van der Waals surface area contributed by atoms with Crippen molar-refractivity contribution in [2.75, 3.05) is 11.1 Å². The Labute approximate surface area is 171 Å². The molecule has 1 aromatic heterocycles. The van der Waals surface area contributed by atoms with E-state index in [-0.39, 0.29) is 35.8 Å². The number of aromatic amines is 1. The van der Waals surface area contributed by atoms with Crippen molar-refractivity contribution < 1.29 is 14.0 Å². The van der Waals surface area contributed by atoms with Crippen LogP contribution in [0.25, 0.3) is 0 Å². The van der Waals surface area contributed by atoms with Gasteiger partial charge in [-0.25, -0.2) is 9.18 Å². The number of hydrogen-bond acceptors (Lipinski definition) is 5. The monoisotopic (exact) mass is 418 g/mol. The van der Waals surface area contributed by atoms with Crippen LogP contribution in [-0.2, 0) is 11.2 Å². The van der Waals surface area contributed by atoms with Gasteiger partial charge in [0, 0.05) is 23.8 Å². The van der Waals surface area contributed by atoms with Crippen LogP contribution in [0.2, 0.25) is 0 Å². The van der Waals surface area contributed by atoms with Gasteiger partial charge in [0.1, 0.15) is 11.6 Å². The van der Waals surface area contributed by atoms with Gasteiger partial charge in [-0.15, -0.1) is 5.10 Å². The van der Waals surface area contributed by atoms with Crippen LogP contribution < -0.4 is 16.0 Å². The molecule has 2 saturated heterocycles. The largest absolute Gasteiger partial charge is 0.332 e. The molecule has 3 atom stereocenters. The summed E-state index contributed by atoms with van der Waals surface area (Å²) in [5.74, 6) is 1.40. The van der Waals surface area contributed by atoms with Gasteiger partial charge in [0.15, 0.2) is 0 Å². The topological polar surface area (TPSA) is 112 Å². The fraction of sp³-hybridized carbons (Fsp3) is 0.474. The summed E-state index contributed by atoms with van der Waals surface area (Å²) in [7, 11) is 0. The molecule has 0 spiro atoms. The quantitative estimate of drug-likeness (QED) is 0.388. The lowest BCUT2D eigenvalue weighted by atomic mass is 10.0. The van der Waals surface area contributed by atoms with Crippen molar-refractivity contribution in [2.45, 2.75) is 49.4 Å². The maximum Gasteiger partial charge on any atom is 0.315 e. The molecule has 2 aliphatic heterocycles. The smallest absolute Gasteiger partial charge is 0.315 e. The summed E-state index contributed by atoms with van der Waals surface area (Å²) < 4.78 is 13.0. The molecular weight excluding hydrogens is 395 g/mol. The van der Waals surface area contributed by atoms with Gasteiger partial charge in [-0.2, -0.15) is 16.7 Å². The van der Waals surface area contributed by atoms with E-state index in [0.717, 1.165) is 30.6 Å². The predicted octanol–water partition coefficient (Wildman–Crippen LogP) is 2.20. The van der Waals surface area contributed by atoms with Crippen molar-refractivity contribution in [2.24, 2.45) is 0 Å². The second-order valence-corrected chi connectivity index (χ2v) is 8.60. The fourth-order valence-electron chi connectivity index (χ4n) is 3.69. The Bertz CT molecular complexity index is 874. The van der Waals surface area contributed by atoms with E-state index in [4.69, 9.17) is 0 Å². The molecule has 8 nitrogen and oxygen atoms in total. The van der Waals surface area contributed by atoms with Crippen LogP contribution in [0, 0.1) is 5.82 Å². The average molecular weight is 418 g/mol. The first-order valence-corrected chi connectivity index (χ1v) is 10.8. The average Bonchev–Trinajstić information content (AvgIpc) is 3.38. The number of rotatable bonds is 8. The number of thioether (sulfide) groups is 1. The zero-order valence-electron chi connectivity index (χ0n) is 15.8. The highest BCUT2D eigenvalue weighted by Crippen LogP contribution is 2.33. The number of halogens is 1. The first-order chi connectivity index (χ1) is 14.1. The molecule has 0 radical (unpaired) electrons. The van der Waals surface area contributed by atoms with Crippen LogP contribution >= 0.6 is 11.8 Å². The number of nitrogens with zero attached hydrogens (tertiary/aromatic N) is 2. The van der Waals surface area contributed by atoms with Crippen LogP contribution in [0.5, 0.6) is 0 Å². The first kappa shape index (κ1) is 19.7. The predicted molar refractivity (Wildman–Crippen MR) is 108 cm³/mol. The summed E-state index contributed by atoms with van der Waals surface area (Å²) in [5.41, 5.74) is 0.904. The number of nitrogens with one attached hydrogen (secondary N) is 4. The van der Waals surface area contributed by atoms with Gasteiger partial charge >= 0.3 is 6.03 Å². The molecule has 29 heavy (non-hydrogen) atoms. The number of carbonyl (C=O) groups is 2. The molecule has 2 fully saturated rings. The van der Waals surface area contributed by atoms with Crippen molar-refractivity contribution in [3.05, 3.63) is 41.5 Å². The van der Waals surface area contributed by atoms with Crippen molar-refractivity contribution in [1.82, 2.24) is 25.8 Å². The molecule has 3 heterocycles. The van der Waals surface area contributed by atoms with Gasteiger partial charge in [-0.1, -0.05) is 18.6 Å². The number of unbranched alkanes of at least 4 members (excludes halogenated alkanes) is 1. The van der Waals surface area contributed by atoms with Crippen molar-refractivity contribution in [1.29, 1.82) is 0 Å². The van der Waals surface area contributed by atoms with Crippen LogP contribution in [0.15, 0.2) is 24.3 Å². The highest BCUT2D eigenvalue weighted by Gasteiger charge is 2.42. The normalized spacial score (nSPS) is 22.8. The van der Waals surface area contributed by atoms with E-state index >= 15 is 0 Å². The Hall–Kier alpha value is -2.62. The molecule has 0 aliphatic carbocycles. The summed E-state index contributed by atoms with van der Waals surface area (Å²) in [6.07, 6.45) is 3.56. The molecule has 2 aromatic rings. The lowest BCUT2D eigenvalue weighted by Crippen LogP contribution is -2.36. The second kappa shape index (κ2) is 8.81. The third-order valence-electron chi connectivity index (χ3n) is 5.15. The molecule has 3 amide bonds. The summed E-state index contributed by atoms with van der Waals surface area (Å²) in [4.78, 5) is 27.8. The molecule has 2 aliphatic rings. The molecule has 154 valence electrons. The fourth-order valence-corrected chi connectivity index (χ4v) is 5.23. The Balaban J connectivity index is 1.16. The summed E-state index contributed by atoms with van der Waals surface area (Å²) in [5, 5.41) is 15.8. The van der Waals surface area contributed by atoms with Crippen LogP contribution in [0.4, 0.5) is 15.1 Å². The summed E-state index contributed by atoms with van der Waals surface area (Å²) in [6, 6.07) is 6.54. The zero-order valence-corrected chi connectivity index (χ0v) is 16.6. The highest BCUT2D eigenvalue weighted by molar-refractivity contribution is 8.00. The van der Waals surface area contributed by atoms with E-state index < -0.39 is 0 Å². The third kappa shape index (κ3) is 5.06. The minimum Gasteiger partial charge on any atom is -0.332 e. The number of benzene rings is 1. The lowest BCUT2D eigenvalue weighted by Gasteiger charge is -2.16.